The van der Waals surface area contributed by atoms with Crippen molar-refractivity contribution in [3.63, 3.8) is 0 Å². The Balaban J connectivity index is 2.11. The van der Waals surface area contributed by atoms with Crippen molar-refractivity contribution >= 4 is 5.69 Å². The largest absolute Gasteiger partial charge is 0.370 e. The number of nitrogens with zero attached hydrogens (tertiary/aromatic N) is 3. The second kappa shape index (κ2) is 6.68. The van der Waals surface area contributed by atoms with E-state index in [2.05, 4.69) is 54.1 Å². The molecule has 1 N–H and O–H groups in total. The summed E-state index contributed by atoms with van der Waals surface area (Å²) in [6, 6.07) is 6.16. The number of rotatable bonds is 5. The lowest BCUT2D eigenvalue weighted by Gasteiger charge is -2.25. The van der Waals surface area contributed by atoms with Crippen LogP contribution < -0.4 is 10.2 Å². The third-order valence-electron chi connectivity index (χ3n) is 3.27. The van der Waals surface area contributed by atoms with Crippen LogP contribution in [-0.2, 0) is 13.1 Å². The van der Waals surface area contributed by atoms with Crippen molar-refractivity contribution in [2.75, 3.05) is 11.9 Å². The fourth-order valence-electron chi connectivity index (χ4n) is 2.14. The minimum absolute atomic E-state index is 0.0940. The number of pyridine rings is 2. The molecule has 0 aliphatic rings. The van der Waals surface area contributed by atoms with Crippen LogP contribution in [0.5, 0.6) is 0 Å². The Morgan fingerprint density at radius 3 is 2.38 bits per heavy atom. The van der Waals surface area contributed by atoms with Crippen molar-refractivity contribution in [3.8, 4) is 0 Å². The molecule has 112 valence electrons. The quantitative estimate of drug-likeness (QED) is 0.916. The third kappa shape index (κ3) is 4.83. The lowest BCUT2D eigenvalue weighted by Crippen LogP contribution is -2.35. The van der Waals surface area contributed by atoms with Gasteiger partial charge in [-0.25, -0.2) is 0 Å². The Kier molecular flexibility index (Phi) is 4.91. The first-order valence-electron chi connectivity index (χ1n) is 7.24. The molecule has 4 nitrogen and oxygen atoms in total. The van der Waals surface area contributed by atoms with E-state index in [0.717, 1.165) is 13.1 Å². The van der Waals surface area contributed by atoms with Crippen molar-refractivity contribution < 1.29 is 0 Å². The molecule has 0 unspecified atom stereocenters. The fraction of sp³-hybridized carbons (Fsp3) is 0.412. The van der Waals surface area contributed by atoms with Gasteiger partial charge in [-0.2, -0.15) is 0 Å². The summed E-state index contributed by atoms with van der Waals surface area (Å²) in [5.41, 5.74) is 3.76. The van der Waals surface area contributed by atoms with Crippen LogP contribution in [0.4, 0.5) is 5.69 Å². The second-order valence-electron chi connectivity index (χ2n) is 6.32. The summed E-state index contributed by atoms with van der Waals surface area (Å²) in [5.74, 6) is 0. The fourth-order valence-corrected chi connectivity index (χ4v) is 2.14. The van der Waals surface area contributed by atoms with Crippen molar-refractivity contribution in [1.82, 2.24) is 15.3 Å². The maximum absolute atomic E-state index is 4.26. The van der Waals surface area contributed by atoms with Gasteiger partial charge in [-0.1, -0.05) is 0 Å². The topological polar surface area (TPSA) is 41.1 Å². The molecular weight excluding hydrogens is 260 g/mol. The van der Waals surface area contributed by atoms with Gasteiger partial charge in [0.25, 0.3) is 0 Å². The average molecular weight is 284 g/mol. The highest BCUT2D eigenvalue weighted by atomic mass is 15.1. The minimum Gasteiger partial charge on any atom is -0.370 e. The van der Waals surface area contributed by atoms with E-state index in [4.69, 9.17) is 0 Å². The van der Waals surface area contributed by atoms with E-state index >= 15 is 0 Å². The van der Waals surface area contributed by atoms with E-state index in [1.165, 1.54) is 16.8 Å². The van der Waals surface area contributed by atoms with Crippen molar-refractivity contribution in [3.05, 3.63) is 54.1 Å². The SMILES string of the molecule is CN(Cc1ccncc1)c1ccncc1CNC(C)(C)C. The first kappa shape index (κ1) is 15.4. The predicted molar refractivity (Wildman–Crippen MR) is 87.2 cm³/mol. The summed E-state index contributed by atoms with van der Waals surface area (Å²) in [4.78, 5) is 10.6. The molecule has 0 saturated carbocycles. The van der Waals surface area contributed by atoms with Gasteiger partial charge in [-0.3, -0.25) is 9.97 Å². The smallest absolute Gasteiger partial charge is 0.0443 e. The molecule has 0 spiro atoms. The van der Waals surface area contributed by atoms with Gasteiger partial charge < -0.3 is 10.2 Å². The molecule has 0 saturated heterocycles. The predicted octanol–water partition coefficient (Wildman–Crippen LogP) is 3.00. The number of anilines is 1. The van der Waals surface area contributed by atoms with E-state index in [9.17, 15) is 0 Å². The van der Waals surface area contributed by atoms with Crippen molar-refractivity contribution in [2.45, 2.75) is 39.4 Å². The van der Waals surface area contributed by atoms with E-state index in [0.29, 0.717) is 0 Å². The molecule has 21 heavy (non-hydrogen) atoms. The van der Waals surface area contributed by atoms with Gasteiger partial charge in [0.05, 0.1) is 0 Å². The molecular formula is C17H24N4. The number of hydrogen-bond donors (Lipinski definition) is 1. The molecule has 0 aromatic carbocycles. The molecule has 0 aliphatic carbocycles. The highest BCUT2D eigenvalue weighted by molar-refractivity contribution is 5.52. The highest BCUT2D eigenvalue weighted by Gasteiger charge is 2.12. The summed E-state index contributed by atoms with van der Waals surface area (Å²) < 4.78 is 0. The zero-order chi connectivity index (χ0) is 15.3. The van der Waals surface area contributed by atoms with Crippen LogP contribution in [0, 0.1) is 0 Å². The van der Waals surface area contributed by atoms with Crippen LogP contribution in [0.2, 0.25) is 0 Å². The summed E-state index contributed by atoms with van der Waals surface area (Å²) in [6.07, 6.45) is 7.45. The first-order valence-corrected chi connectivity index (χ1v) is 7.24. The molecule has 0 aliphatic heterocycles. The van der Waals surface area contributed by atoms with Gasteiger partial charge >= 0.3 is 0 Å². The lowest BCUT2D eigenvalue weighted by atomic mass is 10.1. The van der Waals surface area contributed by atoms with Crippen LogP contribution in [0.15, 0.2) is 43.0 Å². The van der Waals surface area contributed by atoms with Crippen LogP contribution in [0.3, 0.4) is 0 Å². The van der Waals surface area contributed by atoms with Gasteiger partial charge in [0.15, 0.2) is 0 Å². The molecule has 2 aromatic heterocycles. The van der Waals surface area contributed by atoms with Crippen LogP contribution in [-0.4, -0.2) is 22.6 Å². The molecule has 4 heteroatoms. The van der Waals surface area contributed by atoms with E-state index < -0.39 is 0 Å². The Hall–Kier alpha value is -1.94. The van der Waals surface area contributed by atoms with E-state index in [1.54, 1.807) is 0 Å². The van der Waals surface area contributed by atoms with Crippen LogP contribution in [0.1, 0.15) is 31.9 Å². The monoisotopic (exact) mass is 284 g/mol. The maximum atomic E-state index is 4.26. The molecule has 2 rings (SSSR count). The van der Waals surface area contributed by atoms with Crippen molar-refractivity contribution in [2.24, 2.45) is 0 Å². The zero-order valence-electron chi connectivity index (χ0n) is 13.3. The molecule has 0 atom stereocenters. The van der Waals surface area contributed by atoms with Crippen LogP contribution >= 0.6 is 0 Å². The molecule has 2 aromatic rings. The summed E-state index contributed by atoms with van der Waals surface area (Å²) in [6.45, 7) is 8.18. The molecule has 2 heterocycles. The number of nitrogens with one attached hydrogen (secondary N) is 1. The summed E-state index contributed by atoms with van der Waals surface area (Å²) in [5, 5.41) is 3.52. The summed E-state index contributed by atoms with van der Waals surface area (Å²) in [7, 11) is 2.11. The van der Waals surface area contributed by atoms with Gasteiger partial charge in [0.2, 0.25) is 0 Å². The highest BCUT2D eigenvalue weighted by Crippen LogP contribution is 2.20. The molecule has 0 radical (unpaired) electrons. The number of aromatic nitrogens is 2. The Morgan fingerprint density at radius 1 is 1.05 bits per heavy atom. The zero-order valence-corrected chi connectivity index (χ0v) is 13.3. The van der Waals surface area contributed by atoms with E-state index in [-0.39, 0.29) is 5.54 Å². The minimum atomic E-state index is 0.0940. The van der Waals surface area contributed by atoms with E-state index in [1.807, 2.05) is 36.9 Å². The third-order valence-corrected chi connectivity index (χ3v) is 3.27. The first-order chi connectivity index (χ1) is 9.96. The van der Waals surface area contributed by atoms with Gasteiger partial charge in [0, 0.05) is 61.7 Å². The maximum Gasteiger partial charge on any atom is 0.0443 e. The van der Waals surface area contributed by atoms with Gasteiger partial charge in [-0.15, -0.1) is 0 Å². The van der Waals surface area contributed by atoms with Gasteiger partial charge in [-0.05, 0) is 44.5 Å². The molecule has 0 bridgehead atoms. The number of hydrogen-bond acceptors (Lipinski definition) is 4. The Morgan fingerprint density at radius 2 is 1.71 bits per heavy atom. The van der Waals surface area contributed by atoms with Gasteiger partial charge in [0.1, 0.15) is 0 Å². The lowest BCUT2D eigenvalue weighted by molar-refractivity contribution is 0.424. The normalized spacial score (nSPS) is 11.4. The molecule has 0 fully saturated rings. The van der Waals surface area contributed by atoms with Crippen LogP contribution in [0.25, 0.3) is 0 Å². The summed E-state index contributed by atoms with van der Waals surface area (Å²) >= 11 is 0. The standard InChI is InChI=1S/C17H24N4/c1-17(2,3)20-12-15-11-19-10-7-16(15)21(4)13-14-5-8-18-9-6-14/h5-11,20H,12-13H2,1-4H3. The van der Waals surface area contributed by atoms with Crippen molar-refractivity contribution in [1.29, 1.82) is 0 Å². The Bertz CT molecular complexity index is 561. The average Bonchev–Trinajstić information content (AvgIpc) is 2.46. The Labute approximate surface area is 127 Å². The second-order valence-corrected chi connectivity index (χ2v) is 6.32. The molecule has 0 amide bonds.